The van der Waals surface area contributed by atoms with Gasteiger partial charge in [0.05, 0.1) is 23.4 Å². The van der Waals surface area contributed by atoms with Crippen LogP contribution in [0.15, 0.2) is 59.6 Å². The lowest BCUT2D eigenvalue weighted by Crippen LogP contribution is -2.19. The third kappa shape index (κ3) is 5.26. The number of sulfonamides is 1. The third-order valence-corrected chi connectivity index (χ3v) is 5.99. The standard InChI is InChI=1S/C21H19F3N4O5S/c1-3-33-20(30)17-12-26-28(18(17)21(22,23)24)15-9-7-14(8-10-15)27-19(29)13-5-4-6-16(11-13)34(31,32)25-2/h4-12,25H,3H2,1-2H3,(H,27,29). The summed E-state index contributed by atoms with van der Waals surface area (Å²) in [6.45, 7) is 1.37. The average molecular weight is 496 g/mol. The predicted molar refractivity (Wildman–Crippen MR) is 115 cm³/mol. The SMILES string of the molecule is CCOC(=O)c1cnn(-c2ccc(NC(=O)c3cccc(S(=O)(=O)NC)c3)cc2)c1C(F)(F)F. The first-order valence-corrected chi connectivity index (χ1v) is 11.2. The maximum Gasteiger partial charge on any atom is 0.434 e. The first-order valence-electron chi connectivity index (χ1n) is 9.75. The van der Waals surface area contributed by atoms with Crippen molar-refractivity contribution in [2.75, 3.05) is 19.0 Å². The highest BCUT2D eigenvalue weighted by Gasteiger charge is 2.41. The predicted octanol–water partition coefficient (Wildman–Crippen LogP) is 3.23. The summed E-state index contributed by atoms with van der Waals surface area (Å²) in [7, 11) is -2.51. The van der Waals surface area contributed by atoms with Gasteiger partial charge in [-0.3, -0.25) is 4.79 Å². The molecule has 3 aromatic rings. The number of rotatable bonds is 7. The number of benzene rings is 2. The molecule has 13 heteroatoms. The van der Waals surface area contributed by atoms with Crippen molar-refractivity contribution in [1.29, 1.82) is 0 Å². The molecule has 1 amide bonds. The molecule has 0 saturated carbocycles. The van der Waals surface area contributed by atoms with E-state index in [0.29, 0.717) is 4.68 Å². The molecule has 0 aliphatic rings. The van der Waals surface area contributed by atoms with Crippen molar-refractivity contribution in [3.63, 3.8) is 0 Å². The molecule has 0 fully saturated rings. The van der Waals surface area contributed by atoms with E-state index in [-0.39, 0.29) is 28.4 Å². The van der Waals surface area contributed by atoms with E-state index in [1.54, 1.807) is 0 Å². The second-order valence-corrected chi connectivity index (χ2v) is 8.66. The molecule has 1 aromatic heterocycles. The van der Waals surface area contributed by atoms with Gasteiger partial charge >= 0.3 is 12.1 Å². The molecule has 0 aliphatic heterocycles. The third-order valence-electron chi connectivity index (χ3n) is 4.58. The van der Waals surface area contributed by atoms with Crippen LogP contribution in [-0.4, -0.2) is 43.7 Å². The van der Waals surface area contributed by atoms with E-state index < -0.39 is 39.3 Å². The Bertz CT molecular complexity index is 1320. The molecule has 34 heavy (non-hydrogen) atoms. The van der Waals surface area contributed by atoms with E-state index in [1.165, 1.54) is 62.5 Å². The second-order valence-electron chi connectivity index (χ2n) is 6.77. The van der Waals surface area contributed by atoms with E-state index in [4.69, 9.17) is 0 Å². The number of hydrogen-bond donors (Lipinski definition) is 2. The number of anilines is 1. The Hall–Kier alpha value is -3.71. The van der Waals surface area contributed by atoms with Crippen molar-refractivity contribution >= 4 is 27.6 Å². The molecule has 0 saturated heterocycles. The molecular weight excluding hydrogens is 477 g/mol. The zero-order valence-corrected chi connectivity index (χ0v) is 18.7. The fourth-order valence-corrected chi connectivity index (χ4v) is 3.76. The van der Waals surface area contributed by atoms with Gasteiger partial charge in [-0.25, -0.2) is 22.6 Å². The summed E-state index contributed by atoms with van der Waals surface area (Å²) in [5.74, 6) is -1.77. The van der Waals surface area contributed by atoms with Gasteiger partial charge in [-0.05, 0) is 56.4 Å². The maximum atomic E-state index is 13.6. The van der Waals surface area contributed by atoms with Crippen molar-refractivity contribution in [2.24, 2.45) is 0 Å². The highest BCUT2D eigenvalue weighted by Crippen LogP contribution is 2.34. The van der Waals surface area contributed by atoms with Crippen molar-refractivity contribution in [2.45, 2.75) is 18.0 Å². The van der Waals surface area contributed by atoms with Gasteiger partial charge in [0.25, 0.3) is 5.91 Å². The van der Waals surface area contributed by atoms with Gasteiger partial charge in [0.1, 0.15) is 5.56 Å². The first-order chi connectivity index (χ1) is 16.0. The van der Waals surface area contributed by atoms with Crippen LogP contribution in [-0.2, 0) is 20.9 Å². The molecule has 0 bridgehead atoms. The summed E-state index contributed by atoms with van der Waals surface area (Å²) in [6, 6.07) is 10.6. The summed E-state index contributed by atoms with van der Waals surface area (Å²) in [6.07, 6.45) is -4.10. The summed E-state index contributed by atoms with van der Waals surface area (Å²) in [5, 5.41) is 6.22. The summed E-state index contributed by atoms with van der Waals surface area (Å²) < 4.78 is 72.1. The minimum atomic E-state index is -4.88. The van der Waals surface area contributed by atoms with E-state index >= 15 is 0 Å². The highest BCUT2D eigenvalue weighted by molar-refractivity contribution is 7.89. The average Bonchev–Trinajstić information content (AvgIpc) is 3.26. The van der Waals surface area contributed by atoms with Crippen molar-refractivity contribution in [3.8, 4) is 5.69 Å². The highest BCUT2D eigenvalue weighted by atomic mass is 32.2. The van der Waals surface area contributed by atoms with Crippen LogP contribution >= 0.6 is 0 Å². The number of halogens is 3. The number of carbonyl (C=O) groups is 2. The molecule has 0 radical (unpaired) electrons. The minimum absolute atomic E-state index is 0.0111. The van der Waals surface area contributed by atoms with Crippen LogP contribution in [0.2, 0.25) is 0 Å². The number of carbonyl (C=O) groups excluding carboxylic acids is 2. The largest absolute Gasteiger partial charge is 0.462 e. The fraction of sp³-hybridized carbons (Fsp3) is 0.190. The molecule has 180 valence electrons. The van der Waals surface area contributed by atoms with Crippen LogP contribution in [0.3, 0.4) is 0 Å². The van der Waals surface area contributed by atoms with Crippen LogP contribution in [0.1, 0.15) is 33.3 Å². The lowest BCUT2D eigenvalue weighted by molar-refractivity contribution is -0.143. The van der Waals surface area contributed by atoms with Crippen molar-refractivity contribution in [1.82, 2.24) is 14.5 Å². The topological polar surface area (TPSA) is 119 Å². The Morgan fingerprint density at radius 3 is 2.38 bits per heavy atom. The van der Waals surface area contributed by atoms with Crippen molar-refractivity contribution < 1.29 is 35.9 Å². The maximum absolute atomic E-state index is 13.6. The van der Waals surface area contributed by atoms with Gasteiger partial charge in [0.2, 0.25) is 10.0 Å². The first kappa shape index (κ1) is 24.9. The summed E-state index contributed by atoms with van der Waals surface area (Å²) in [4.78, 5) is 24.3. The molecule has 0 aliphatic carbocycles. The van der Waals surface area contributed by atoms with Crippen LogP contribution < -0.4 is 10.0 Å². The Kier molecular flexibility index (Phi) is 7.07. The number of aromatic nitrogens is 2. The lowest BCUT2D eigenvalue weighted by Gasteiger charge is -2.13. The van der Waals surface area contributed by atoms with Crippen LogP contribution in [0.4, 0.5) is 18.9 Å². The molecule has 3 rings (SSSR count). The van der Waals surface area contributed by atoms with E-state index in [1.807, 2.05) is 0 Å². The second kappa shape index (κ2) is 9.65. The molecule has 9 nitrogen and oxygen atoms in total. The Labute approximate surface area is 192 Å². The van der Waals surface area contributed by atoms with E-state index in [9.17, 15) is 31.2 Å². The molecular formula is C21H19F3N4O5S. The zero-order chi connectivity index (χ0) is 25.1. The number of esters is 1. The minimum Gasteiger partial charge on any atom is -0.462 e. The fourth-order valence-electron chi connectivity index (χ4n) is 2.99. The Balaban J connectivity index is 1.86. The molecule has 1 heterocycles. The number of alkyl halides is 3. The number of amides is 1. The van der Waals surface area contributed by atoms with Gasteiger partial charge in [-0.2, -0.15) is 18.3 Å². The number of nitrogens with one attached hydrogen (secondary N) is 2. The number of nitrogens with zero attached hydrogens (tertiary/aromatic N) is 2. The lowest BCUT2D eigenvalue weighted by atomic mass is 10.2. The van der Waals surface area contributed by atoms with E-state index in [2.05, 4.69) is 19.9 Å². The van der Waals surface area contributed by atoms with Gasteiger partial charge in [-0.15, -0.1) is 0 Å². The van der Waals surface area contributed by atoms with Gasteiger partial charge in [0.15, 0.2) is 5.69 Å². The quantitative estimate of drug-likeness (QED) is 0.485. The van der Waals surface area contributed by atoms with E-state index in [0.717, 1.165) is 6.20 Å². The number of hydrogen-bond acceptors (Lipinski definition) is 6. The monoisotopic (exact) mass is 496 g/mol. The molecule has 0 spiro atoms. The van der Waals surface area contributed by atoms with Gasteiger partial charge in [-0.1, -0.05) is 6.07 Å². The van der Waals surface area contributed by atoms with Crippen molar-refractivity contribution in [3.05, 3.63) is 71.5 Å². The van der Waals surface area contributed by atoms with Gasteiger partial charge in [0, 0.05) is 11.3 Å². The molecule has 0 atom stereocenters. The number of ether oxygens (including phenoxy) is 1. The van der Waals surface area contributed by atoms with Crippen LogP contribution in [0, 0.1) is 0 Å². The van der Waals surface area contributed by atoms with Crippen LogP contribution in [0.25, 0.3) is 5.69 Å². The molecule has 2 aromatic carbocycles. The Morgan fingerprint density at radius 1 is 1.12 bits per heavy atom. The normalized spacial score (nSPS) is 11.8. The summed E-state index contributed by atoms with van der Waals surface area (Å²) >= 11 is 0. The summed E-state index contributed by atoms with van der Waals surface area (Å²) in [5.41, 5.74) is -1.72. The molecule has 0 unspecified atom stereocenters. The Morgan fingerprint density at radius 2 is 1.79 bits per heavy atom. The molecule has 2 N–H and O–H groups in total. The zero-order valence-electron chi connectivity index (χ0n) is 17.9. The van der Waals surface area contributed by atoms with Gasteiger partial charge < -0.3 is 10.1 Å². The van der Waals surface area contributed by atoms with Crippen LogP contribution in [0.5, 0.6) is 0 Å². The smallest absolute Gasteiger partial charge is 0.434 e.